The molecule has 32 heavy (non-hydrogen) atoms. The van der Waals surface area contributed by atoms with Gasteiger partial charge in [-0.1, -0.05) is 48.0 Å². The summed E-state index contributed by atoms with van der Waals surface area (Å²) in [7, 11) is 0. The zero-order chi connectivity index (χ0) is 22.9. The van der Waals surface area contributed by atoms with Gasteiger partial charge in [0.15, 0.2) is 17.3 Å². The van der Waals surface area contributed by atoms with Crippen molar-refractivity contribution < 1.29 is 22.8 Å². The molecule has 0 aliphatic rings. The van der Waals surface area contributed by atoms with Gasteiger partial charge in [-0.3, -0.25) is 14.0 Å². The van der Waals surface area contributed by atoms with E-state index in [1.54, 1.807) is 30.3 Å². The number of halogens is 3. The van der Waals surface area contributed by atoms with Crippen LogP contribution in [-0.2, 0) is 12.7 Å². The number of hydrogen-bond donors (Lipinski definition) is 1. The van der Waals surface area contributed by atoms with Crippen LogP contribution in [-0.4, -0.2) is 26.3 Å². The molecule has 0 atom stereocenters. The van der Waals surface area contributed by atoms with E-state index in [-0.39, 0.29) is 34.9 Å². The summed E-state index contributed by atoms with van der Waals surface area (Å²) in [5.74, 6) is -0.731. The molecule has 1 amide bonds. The molecule has 2 aromatic carbocycles. The van der Waals surface area contributed by atoms with E-state index in [0.717, 1.165) is 17.8 Å². The van der Waals surface area contributed by atoms with Gasteiger partial charge in [-0.2, -0.15) is 13.2 Å². The molecule has 0 saturated heterocycles. The molecule has 162 valence electrons. The first-order valence-electron chi connectivity index (χ1n) is 9.63. The van der Waals surface area contributed by atoms with Crippen LogP contribution < -0.4 is 5.32 Å². The first-order valence-corrected chi connectivity index (χ1v) is 9.63. The van der Waals surface area contributed by atoms with Gasteiger partial charge in [0.1, 0.15) is 0 Å². The van der Waals surface area contributed by atoms with Gasteiger partial charge in [0.2, 0.25) is 0 Å². The fourth-order valence-electron chi connectivity index (χ4n) is 3.22. The van der Waals surface area contributed by atoms with E-state index in [0.29, 0.717) is 5.56 Å². The molecule has 4 aromatic rings. The van der Waals surface area contributed by atoms with Gasteiger partial charge < -0.3 is 5.32 Å². The average molecular weight is 438 g/mol. The molecule has 0 unspecified atom stereocenters. The van der Waals surface area contributed by atoms with Crippen molar-refractivity contribution in [2.45, 2.75) is 19.6 Å². The van der Waals surface area contributed by atoms with Crippen LogP contribution >= 0.6 is 0 Å². The van der Waals surface area contributed by atoms with E-state index in [2.05, 4.69) is 15.5 Å². The van der Waals surface area contributed by atoms with Crippen molar-refractivity contribution >= 4 is 17.3 Å². The summed E-state index contributed by atoms with van der Waals surface area (Å²) in [5, 5.41) is 10.3. The first kappa shape index (κ1) is 21.2. The standard InChI is InChI=1S/C23H17F3N4O2/c1-14-6-8-15(9-7-14)21(31)17-4-2-3-5-18(17)22(32)27-12-20-29-28-19-11-10-16(13-30(19)20)23(24,25)26/h2-11,13H,12H2,1H3,(H,27,32). The number of ketones is 1. The summed E-state index contributed by atoms with van der Waals surface area (Å²) in [6.07, 6.45) is -3.64. The van der Waals surface area contributed by atoms with Gasteiger partial charge in [-0.15, -0.1) is 10.2 Å². The van der Waals surface area contributed by atoms with Crippen molar-refractivity contribution in [3.05, 3.63) is 101 Å². The highest BCUT2D eigenvalue weighted by atomic mass is 19.4. The van der Waals surface area contributed by atoms with Crippen molar-refractivity contribution in [2.24, 2.45) is 0 Å². The summed E-state index contributed by atoms with van der Waals surface area (Å²) in [6, 6.07) is 15.5. The molecule has 0 spiro atoms. The molecule has 2 aromatic heterocycles. The number of benzene rings is 2. The normalized spacial score (nSPS) is 11.5. The Bertz CT molecular complexity index is 1310. The van der Waals surface area contributed by atoms with Crippen LogP contribution in [0.1, 0.15) is 43.2 Å². The predicted octanol–water partition coefficient (Wildman–Crippen LogP) is 4.22. The van der Waals surface area contributed by atoms with Crippen LogP contribution in [0.25, 0.3) is 5.65 Å². The number of fused-ring (bicyclic) bond motifs is 1. The van der Waals surface area contributed by atoms with Crippen LogP contribution in [0.5, 0.6) is 0 Å². The minimum absolute atomic E-state index is 0.127. The third-order valence-corrected chi connectivity index (χ3v) is 4.94. The summed E-state index contributed by atoms with van der Waals surface area (Å²) < 4.78 is 40.2. The highest BCUT2D eigenvalue weighted by Crippen LogP contribution is 2.29. The maximum Gasteiger partial charge on any atom is 0.417 e. The minimum atomic E-state index is -4.52. The Balaban J connectivity index is 1.57. The van der Waals surface area contributed by atoms with Crippen LogP contribution in [0.4, 0.5) is 13.2 Å². The molecular formula is C23H17F3N4O2. The number of alkyl halides is 3. The molecule has 0 fully saturated rings. The Morgan fingerprint density at radius 2 is 1.62 bits per heavy atom. The second-order valence-corrected chi connectivity index (χ2v) is 7.18. The van der Waals surface area contributed by atoms with Crippen molar-refractivity contribution in [1.29, 1.82) is 0 Å². The zero-order valence-corrected chi connectivity index (χ0v) is 16.8. The average Bonchev–Trinajstić information content (AvgIpc) is 3.19. The van der Waals surface area contributed by atoms with Gasteiger partial charge in [0.25, 0.3) is 5.91 Å². The first-order chi connectivity index (χ1) is 15.2. The number of hydrogen-bond acceptors (Lipinski definition) is 4. The van der Waals surface area contributed by atoms with Crippen LogP contribution in [0, 0.1) is 6.92 Å². The molecule has 1 N–H and O–H groups in total. The topological polar surface area (TPSA) is 76.4 Å². The number of rotatable bonds is 5. The highest BCUT2D eigenvalue weighted by Gasteiger charge is 2.31. The fraction of sp³-hybridized carbons (Fsp3) is 0.130. The number of nitrogens with one attached hydrogen (secondary N) is 1. The van der Waals surface area contributed by atoms with Gasteiger partial charge >= 0.3 is 6.18 Å². The lowest BCUT2D eigenvalue weighted by Gasteiger charge is -2.10. The number of amides is 1. The second kappa shape index (κ2) is 8.26. The third kappa shape index (κ3) is 4.22. The Morgan fingerprint density at radius 1 is 0.938 bits per heavy atom. The summed E-state index contributed by atoms with van der Waals surface area (Å²) in [4.78, 5) is 25.7. The Kier molecular flexibility index (Phi) is 5.48. The monoisotopic (exact) mass is 438 g/mol. The summed E-state index contributed by atoms with van der Waals surface area (Å²) in [6.45, 7) is 1.73. The largest absolute Gasteiger partial charge is 0.417 e. The van der Waals surface area contributed by atoms with E-state index >= 15 is 0 Å². The lowest BCUT2D eigenvalue weighted by Crippen LogP contribution is -2.26. The van der Waals surface area contributed by atoms with Gasteiger partial charge in [-0.05, 0) is 25.1 Å². The number of carbonyl (C=O) groups is 2. The van der Waals surface area contributed by atoms with Crippen molar-refractivity contribution in [2.75, 3.05) is 0 Å². The molecule has 0 bridgehead atoms. The SMILES string of the molecule is Cc1ccc(C(=O)c2ccccc2C(=O)NCc2nnc3ccc(C(F)(F)F)cn23)cc1. The molecule has 0 aliphatic heterocycles. The van der Waals surface area contributed by atoms with Gasteiger partial charge in [0.05, 0.1) is 17.7 Å². The number of pyridine rings is 1. The molecule has 4 rings (SSSR count). The molecule has 2 heterocycles. The van der Waals surface area contributed by atoms with E-state index in [1.807, 2.05) is 19.1 Å². The fourth-order valence-corrected chi connectivity index (χ4v) is 3.22. The van der Waals surface area contributed by atoms with Crippen LogP contribution in [0.2, 0.25) is 0 Å². The number of aromatic nitrogens is 3. The smallest absolute Gasteiger partial charge is 0.345 e. The maximum absolute atomic E-state index is 13.0. The van der Waals surface area contributed by atoms with E-state index in [9.17, 15) is 22.8 Å². The molecule has 0 radical (unpaired) electrons. The summed E-state index contributed by atoms with van der Waals surface area (Å²) in [5.41, 5.74) is 1.19. The van der Waals surface area contributed by atoms with Crippen LogP contribution in [0.3, 0.4) is 0 Å². The molecular weight excluding hydrogens is 421 g/mol. The maximum atomic E-state index is 13.0. The lowest BCUT2D eigenvalue weighted by molar-refractivity contribution is -0.137. The number of nitrogens with zero attached hydrogens (tertiary/aromatic N) is 3. The van der Waals surface area contributed by atoms with Crippen molar-refractivity contribution in [3.63, 3.8) is 0 Å². The molecule has 0 saturated carbocycles. The van der Waals surface area contributed by atoms with E-state index < -0.39 is 17.6 Å². The van der Waals surface area contributed by atoms with Gasteiger partial charge in [-0.25, -0.2) is 0 Å². The second-order valence-electron chi connectivity index (χ2n) is 7.18. The Labute approximate surface area is 180 Å². The molecule has 9 heteroatoms. The third-order valence-electron chi connectivity index (χ3n) is 4.94. The molecule has 0 aliphatic carbocycles. The van der Waals surface area contributed by atoms with E-state index in [4.69, 9.17) is 0 Å². The number of carbonyl (C=O) groups excluding carboxylic acids is 2. The van der Waals surface area contributed by atoms with Crippen molar-refractivity contribution in [3.8, 4) is 0 Å². The quantitative estimate of drug-likeness (QED) is 0.474. The van der Waals surface area contributed by atoms with Gasteiger partial charge in [0, 0.05) is 17.3 Å². The Hall–Kier alpha value is -4.01. The highest BCUT2D eigenvalue weighted by molar-refractivity contribution is 6.15. The predicted molar refractivity (Wildman–Crippen MR) is 110 cm³/mol. The minimum Gasteiger partial charge on any atom is -0.345 e. The molecule has 6 nitrogen and oxygen atoms in total. The lowest BCUT2D eigenvalue weighted by atomic mass is 9.97. The zero-order valence-electron chi connectivity index (χ0n) is 16.8. The van der Waals surface area contributed by atoms with Crippen LogP contribution in [0.15, 0.2) is 66.9 Å². The van der Waals surface area contributed by atoms with Crippen molar-refractivity contribution in [1.82, 2.24) is 19.9 Å². The summed E-state index contributed by atoms with van der Waals surface area (Å²) >= 11 is 0. The van der Waals surface area contributed by atoms with E-state index in [1.165, 1.54) is 16.5 Å². The number of aryl methyl sites for hydroxylation is 1. The Morgan fingerprint density at radius 3 is 2.31 bits per heavy atom.